The van der Waals surface area contributed by atoms with Gasteiger partial charge in [-0.15, -0.1) is 0 Å². The van der Waals surface area contributed by atoms with Crippen LogP contribution in [-0.4, -0.2) is 37.2 Å². The number of fused-ring (bicyclic) bond motifs is 1. The number of ether oxygens (including phenoxy) is 1. The fourth-order valence-electron chi connectivity index (χ4n) is 2.66. The van der Waals surface area contributed by atoms with Gasteiger partial charge in [0.1, 0.15) is 0 Å². The third-order valence-electron chi connectivity index (χ3n) is 3.74. The summed E-state index contributed by atoms with van der Waals surface area (Å²) in [6.07, 6.45) is 3.98. The van der Waals surface area contributed by atoms with Gasteiger partial charge in [-0.05, 0) is 30.9 Å². The van der Waals surface area contributed by atoms with Crippen LogP contribution in [0.4, 0.5) is 0 Å². The zero-order valence-electron chi connectivity index (χ0n) is 13.6. The molecule has 0 bridgehead atoms. The summed E-state index contributed by atoms with van der Waals surface area (Å²) in [5.41, 5.74) is 9.75. The smallest absolute Gasteiger partial charge is 0.188 e. The van der Waals surface area contributed by atoms with Crippen LogP contribution in [-0.2, 0) is 17.6 Å². The molecule has 5 heteroatoms. The quantitative estimate of drug-likeness (QED) is 0.542. The van der Waals surface area contributed by atoms with Crippen molar-refractivity contribution in [3.8, 4) is 0 Å². The predicted molar refractivity (Wildman–Crippen MR) is 92.3 cm³/mol. The first-order chi connectivity index (χ1) is 10.7. The van der Waals surface area contributed by atoms with Crippen molar-refractivity contribution in [2.75, 3.05) is 20.3 Å². The lowest BCUT2D eigenvalue weighted by atomic mass is 10.1. The van der Waals surface area contributed by atoms with Crippen LogP contribution in [0.25, 0.3) is 10.9 Å². The first kappa shape index (κ1) is 16.4. The highest BCUT2D eigenvalue weighted by Gasteiger charge is 2.06. The fourth-order valence-corrected chi connectivity index (χ4v) is 2.66. The second-order valence-electron chi connectivity index (χ2n) is 5.52. The molecule has 0 spiro atoms. The van der Waals surface area contributed by atoms with Crippen LogP contribution in [0.2, 0.25) is 0 Å². The van der Waals surface area contributed by atoms with Gasteiger partial charge in [-0.2, -0.15) is 0 Å². The molecule has 0 aliphatic rings. The molecule has 1 heterocycles. The Morgan fingerprint density at radius 2 is 2.23 bits per heavy atom. The Kier molecular flexibility index (Phi) is 5.83. The first-order valence-corrected chi connectivity index (χ1v) is 7.79. The van der Waals surface area contributed by atoms with E-state index >= 15 is 0 Å². The lowest BCUT2D eigenvalue weighted by molar-refractivity contribution is 0.179. The maximum atomic E-state index is 5.88. The Morgan fingerprint density at radius 1 is 1.41 bits per heavy atom. The summed E-state index contributed by atoms with van der Waals surface area (Å²) in [5, 5.41) is 4.40. The van der Waals surface area contributed by atoms with E-state index in [-0.39, 0.29) is 6.04 Å². The molecule has 1 aromatic heterocycles. The summed E-state index contributed by atoms with van der Waals surface area (Å²) >= 11 is 0. The molecule has 22 heavy (non-hydrogen) atoms. The van der Waals surface area contributed by atoms with Crippen LogP contribution in [0.5, 0.6) is 0 Å². The number of methoxy groups -OCH3 is 1. The lowest BCUT2D eigenvalue weighted by Gasteiger charge is -2.12. The number of rotatable bonds is 7. The monoisotopic (exact) mass is 302 g/mol. The molecule has 0 aliphatic heterocycles. The number of aromatic amines is 1. The zero-order chi connectivity index (χ0) is 15.9. The maximum absolute atomic E-state index is 5.88. The number of hydrogen-bond acceptors (Lipinski definition) is 2. The standard InChI is InChI=1S/C17H26N4O/c1-4-13-6-5-7-15-14(10-20-16(13)15)8-9-19-17(18)21-12(2)11-22-3/h5-7,10,12,20H,4,8-9,11H2,1-3H3,(H3,18,19,21). The molecule has 1 unspecified atom stereocenters. The topological polar surface area (TPSA) is 75.4 Å². The Morgan fingerprint density at radius 3 is 2.95 bits per heavy atom. The minimum atomic E-state index is 0.161. The minimum Gasteiger partial charge on any atom is -0.383 e. The van der Waals surface area contributed by atoms with Crippen LogP contribution in [0.15, 0.2) is 29.4 Å². The SMILES string of the molecule is CCc1cccc2c(CCN=C(N)NC(C)COC)c[nH]c12. The summed E-state index contributed by atoms with van der Waals surface area (Å²) in [7, 11) is 1.67. The molecule has 0 amide bonds. The largest absolute Gasteiger partial charge is 0.383 e. The van der Waals surface area contributed by atoms with Crippen molar-refractivity contribution in [1.82, 2.24) is 10.3 Å². The summed E-state index contributed by atoms with van der Waals surface area (Å²) in [4.78, 5) is 7.77. The number of guanidine groups is 1. The molecule has 5 nitrogen and oxygen atoms in total. The van der Waals surface area contributed by atoms with Crippen molar-refractivity contribution >= 4 is 16.9 Å². The molecule has 1 aromatic carbocycles. The van der Waals surface area contributed by atoms with E-state index in [2.05, 4.69) is 46.6 Å². The van der Waals surface area contributed by atoms with E-state index in [4.69, 9.17) is 10.5 Å². The second-order valence-corrected chi connectivity index (χ2v) is 5.52. The number of aryl methyl sites for hydroxylation is 1. The van der Waals surface area contributed by atoms with Gasteiger partial charge in [0.05, 0.1) is 6.61 Å². The molecule has 0 radical (unpaired) electrons. The Balaban J connectivity index is 1.97. The van der Waals surface area contributed by atoms with Crippen molar-refractivity contribution in [1.29, 1.82) is 0 Å². The van der Waals surface area contributed by atoms with E-state index in [9.17, 15) is 0 Å². The highest BCUT2D eigenvalue weighted by Crippen LogP contribution is 2.22. The number of benzene rings is 1. The highest BCUT2D eigenvalue weighted by atomic mass is 16.5. The lowest BCUT2D eigenvalue weighted by Crippen LogP contribution is -2.40. The molecule has 0 saturated heterocycles. The van der Waals surface area contributed by atoms with Crippen molar-refractivity contribution < 1.29 is 4.74 Å². The number of para-hydroxylation sites is 1. The van der Waals surface area contributed by atoms with Gasteiger partial charge >= 0.3 is 0 Å². The Labute approximate surface area is 132 Å². The maximum Gasteiger partial charge on any atom is 0.188 e. The van der Waals surface area contributed by atoms with Gasteiger partial charge in [-0.25, -0.2) is 0 Å². The Bertz CT molecular complexity index is 633. The molecule has 2 aromatic rings. The first-order valence-electron chi connectivity index (χ1n) is 7.79. The summed E-state index contributed by atoms with van der Waals surface area (Å²) in [6, 6.07) is 6.60. The van der Waals surface area contributed by atoms with Gasteiger partial charge < -0.3 is 20.8 Å². The normalized spacial score (nSPS) is 13.5. The van der Waals surface area contributed by atoms with Gasteiger partial charge in [0.2, 0.25) is 0 Å². The summed E-state index contributed by atoms with van der Waals surface area (Å²) in [6.45, 7) is 5.46. The summed E-state index contributed by atoms with van der Waals surface area (Å²) in [5.74, 6) is 0.471. The molecule has 0 fully saturated rings. The number of H-pyrrole nitrogens is 1. The van der Waals surface area contributed by atoms with Crippen LogP contribution in [0.1, 0.15) is 25.0 Å². The minimum absolute atomic E-state index is 0.161. The van der Waals surface area contributed by atoms with Crippen molar-refractivity contribution in [2.45, 2.75) is 32.7 Å². The zero-order valence-corrected chi connectivity index (χ0v) is 13.6. The fraction of sp³-hybridized carbons (Fsp3) is 0.471. The van der Waals surface area contributed by atoms with Crippen LogP contribution in [0, 0.1) is 0 Å². The van der Waals surface area contributed by atoms with Crippen molar-refractivity contribution in [3.05, 3.63) is 35.5 Å². The van der Waals surface area contributed by atoms with Crippen LogP contribution < -0.4 is 11.1 Å². The van der Waals surface area contributed by atoms with Crippen molar-refractivity contribution in [2.24, 2.45) is 10.7 Å². The molecule has 4 N–H and O–H groups in total. The van der Waals surface area contributed by atoms with Crippen LogP contribution >= 0.6 is 0 Å². The van der Waals surface area contributed by atoms with E-state index in [1.54, 1.807) is 7.11 Å². The molecule has 1 atom stereocenters. The Hall–Kier alpha value is -2.01. The van der Waals surface area contributed by atoms with E-state index in [1.165, 1.54) is 22.0 Å². The number of nitrogens with two attached hydrogens (primary N) is 1. The molecule has 2 rings (SSSR count). The third-order valence-corrected chi connectivity index (χ3v) is 3.74. The number of aromatic nitrogens is 1. The number of aliphatic imine (C=N–C) groups is 1. The predicted octanol–water partition coefficient (Wildman–Crippen LogP) is 2.21. The van der Waals surface area contributed by atoms with E-state index in [0.29, 0.717) is 19.1 Å². The molecular weight excluding hydrogens is 276 g/mol. The number of nitrogens with zero attached hydrogens (tertiary/aromatic N) is 1. The average molecular weight is 302 g/mol. The van der Waals surface area contributed by atoms with Crippen LogP contribution in [0.3, 0.4) is 0 Å². The highest BCUT2D eigenvalue weighted by molar-refractivity contribution is 5.86. The van der Waals surface area contributed by atoms with Gasteiger partial charge in [-0.1, -0.05) is 25.1 Å². The van der Waals surface area contributed by atoms with Gasteiger partial charge in [0, 0.05) is 36.8 Å². The van der Waals surface area contributed by atoms with Gasteiger partial charge in [0.15, 0.2) is 5.96 Å². The molecule has 0 aliphatic carbocycles. The average Bonchev–Trinajstić information content (AvgIpc) is 2.90. The van der Waals surface area contributed by atoms with Gasteiger partial charge in [-0.3, -0.25) is 4.99 Å². The van der Waals surface area contributed by atoms with Gasteiger partial charge in [0.25, 0.3) is 0 Å². The third kappa shape index (κ3) is 4.01. The number of hydrogen-bond donors (Lipinski definition) is 3. The number of nitrogens with one attached hydrogen (secondary N) is 2. The van der Waals surface area contributed by atoms with E-state index in [0.717, 1.165) is 12.8 Å². The molecule has 120 valence electrons. The second kappa shape index (κ2) is 7.84. The molecule has 0 saturated carbocycles. The summed E-state index contributed by atoms with van der Waals surface area (Å²) < 4.78 is 5.06. The molecular formula is C17H26N4O. The van der Waals surface area contributed by atoms with E-state index in [1.807, 2.05) is 6.92 Å². The van der Waals surface area contributed by atoms with Crippen molar-refractivity contribution in [3.63, 3.8) is 0 Å². The van der Waals surface area contributed by atoms with E-state index < -0.39 is 0 Å².